The molecule has 6 heteroatoms. The summed E-state index contributed by atoms with van der Waals surface area (Å²) >= 11 is 0. The molecule has 3 aromatic rings. The van der Waals surface area contributed by atoms with Gasteiger partial charge in [-0.25, -0.2) is 0 Å². The van der Waals surface area contributed by atoms with Gasteiger partial charge in [0.1, 0.15) is 5.75 Å². The summed E-state index contributed by atoms with van der Waals surface area (Å²) in [6.45, 7) is 4.58. The number of fused-ring (bicyclic) bond motifs is 1. The number of ether oxygens (including phenoxy) is 1. The minimum atomic E-state index is -0.0451. The molecule has 1 aliphatic carbocycles. The Labute approximate surface area is 158 Å². The van der Waals surface area contributed by atoms with E-state index in [1.54, 1.807) is 6.20 Å². The van der Waals surface area contributed by atoms with Crippen molar-refractivity contribution in [3.63, 3.8) is 0 Å². The first-order chi connectivity index (χ1) is 13.2. The van der Waals surface area contributed by atoms with Crippen molar-refractivity contribution in [1.29, 1.82) is 0 Å². The summed E-state index contributed by atoms with van der Waals surface area (Å²) in [6.07, 6.45) is 8.81. The summed E-state index contributed by atoms with van der Waals surface area (Å²) in [5.41, 5.74) is 3.75. The van der Waals surface area contributed by atoms with E-state index in [4.69, 9.17) is 4.74 Å². The monoisotopic (exact) mass is 366 g/mol. The molecular formula is C21H26N4O2. The minimum Gasteiger partial charge on any atom is -0.493 e. The van der Waals surface area contributed by atoms with Crippen molar-refractivity contribution in [2.45, 2.75) is 52.0 Å². The highest BCUT2D eigenvalue weighted by molar-refractivity contribution is 5.97. The average Bonchev–Trinajstić information content (AvgIpc) is 3.38. The number of carbonyl (C=O) groups excluding carboxylic acids is 1. The largest absolute Gasteiger partial charge is 0.493 e. The van der Waals surface area contributed by atoms with Crippen molar-refractivity contribution in [1.82, 2.24) is 14.8 Å². The van der Waals surface area contributed by atoms with Crippen LogP contribution in [0.2, 0.25) is 0 Å². The predicted octanol–water partition coefficient (Wildman–Crippen LogP) is 4.37. The third-order valence-electron chi connectivity index (χ3n) is 5.39. The van der Waals surface area contributed by atoms with Gasteiger partial charge in [0.25, 0.3) is 0 Å². The van der Waals surface area contributed by atoms with Gasteiger partial charge in [-0.3, -0.25) is 9.48 Å². The zero-order valence-corrected chi connectivity index (χ0v) is 15.9. The SMILES string of the molecule is CCOc1cccc2[nH]cc(CC(=O)Nc3cnn(C4CCCC4)c3C)c12. The van der Waals surface area contributed by atoms with Crippen LogP contribution >= 0.6 is 0 Å². The number of hydrogen-bond donors (Lipinski definition) is 2. The first kappa shape index (κ1) is 17.6. The second-order valence-electron chi connectivity index (χ2n) is 7.18. The molecule has 6 nitrogen and oxygen atoms in total. The molecule has 0 unspecified atom stereocenters. The van der Waals surface area contributed by atoms with Gasteiger partial charge in [-0.2, -0.15) is 5.10 Å². The summed E-state index contributed by atoms with van der Waals surface area (Å²) in [5, 5.41) is 8.52. The maximum atomic E-state index is 12.7. The molecule has 4 rings (SSSR count). The Bertz CT molecular complexity index is 950. The highest BCUT2D eigenvalue weighted by Crippen LogP contribution is 2.32. The van der Waals surface area contributed by atoms with E-state index in [0.29, 0.717) is 12.6 Å². The maximum absolute atomic E-state index is 12.7. The zero-order chi connectivity index (χ0) is 18.8. The van der Waals surface area contributed by atoms with Gasteiger partial charge in [-0.1, -0.05) is 18.9 Å². The molecule has 0 bridgehead atoms. The van der Waals surface area contributed by atoms with Crippen LogP contribution in [-0.2, 0) is 11.2 Å². The Morgan fingerprint density at radius 2 is 2.19 bits per heavy atom. The third kappa shape index (κ3) is 3.44. The molecule has 2 N–H and O–H groups in total. The molecule has 1 saturated carbocycles. The fourth-order valence-corrected chi connectivity index (χ4v) is 4.07. The Morgan fingerprint density at radius 3 is 2.96 bits per heavy atom. The van der Waals surface area contributed by atoms with Crippen molar-refractivity contribution in [2.75, 3.05) is 11.9 Å². The zero-order valence-electron chi connectivity index (χ0n) is 15.9. The molecule has 1 aliphatic rings. The molecule has 2 heterocycles. The summed E-state index contributed by atoms with van der Waals surface area (Å²) in [6, 6.07) is 6.36. The van der Waals surface area contributed by atoms with Gasteiger partial charge in [0.2, 0.25) is 5.91 Å². The Hall–Kier alpha value is -2.76. The summed E-state index contributed by atoms with van der Waals surface area (Å²) < 4.78 is 7.80. The molecule has 1 fully saturated rings. The van der Waals surface area contributed by atoms with Gasteiger partial charge in [0.05, 0.1) is 36.6 Å². The van der Waals surface area contributed by atoms with Gasteiger partial charge in [0, 0.05) is 17.1 Å². The number of amides is 1. The van der Waals surface area contributed by atoms with E-state index in [0.717, 1.165) is 33.6 Å². The van der Waals surface area contributed by atoms with Crippen LogP contribution < -0.4 is 10.1 Å². The summed E-state index contributed by atoms with van der Waals surface area (Å²) in [4.78, 5) is 15.9. The molecule has 0 atom stereocenters. The summed E-state index contributed by atoms with van der Waals surface area (Å²) in [5.74, 6) is 0.764. The van der Waals surface area contributed by atoms with Crippen molar-refractivity contribution < 1.29 is 9.53 Å². The number of nitrogens with one attached hydrogen (secondary N) is 2. The molecular weight excluding hydrogens is 340 g/mol. The predicted molar refractivity (Wildman–Crippen MR) is 106 cm³/mol. The second kappa shape index (κ2) is 7.47. The number of rotatable bonds is 6. The van der Waals surface area contributed by atoms with Crippen molar-refractivity contribution >= 4 is 22.5 Å². The number of carbonyl (C=O) groups is 1. The van der Waals surface area contributed by atoms with Gasteiger partial charge >= 0.3 is 0 Å². The number of H-pyrrole nitrogens is 1. The smallest absolute Gasteiger partial charge is 0.228 e. The van der Waals surface area contributed by atoms with Gasteiger partial charge in [-0.05, 0) is 44.4 Å². The average molecular weight is 366 g/mol. The molecule has 2 aromatic heterocycles. The number of aromatic amines is 1. The minimum absolute atomic E-state index is 0.0451. The highest BCUT2D eigenvalue weighted by Gasteiger charge is 2.21. The van der Waals surface area contributed by atoms with E-state index < -0.39 is 0 Å². The molecule has 0 radical (unpaired) electrons. The lowest BCUT2D eigenvalue weighted by molar-refractivity contribution is -0.115. The van der Waals surface area contributed by atoms with Crippen LogP contribution in [0.3, 0.4) is 0 Å². The standard InChI is InChI=1S/C21H26N4O2/c1-3-27-19-10-6-9-17-21(19)15(12-22-17)11-20(26)24-18-13-23-25(14(18)2)16-7-4-5-8-16/h6,9-10,12-13,16,22H,3-5,7-8,11H2,1-2H3,(H,24,26). The van der Waals surface area contributed by atoms with Crippen LogP contribution in [0.25, 0.3) is 10.9 Å². The quantitative estimate of drug-likeness (QED) is 0.680. The number of nitrogens with zero attached hydrogens (tertiary/aromatic N) is 2. The topological polar surface area (TPSA) is 71.9 Å². The van der Waals surface area contributed by atoms with Crippen LogP contribution in [-0.4, -0.2) is 27.3 Å². The normalized spacial score (nSPS) is 14.7. The summed E-state index contributed by atoms with van der Waals surface area (Å²) in [7, 11) is 0. The second-order valence-corrected chi connectivity index (χ2v) is 7.18. The van der Waals surface area contributed by atoms with Crippen LogP contribution in [0.15, 0.2) is 30.6 Å². The van der Waals surface area contributed by atoms with Gasteiger partial charge < -0.3 is 15.0 Å². The Kier molecular flexibility index (Phi) is 4.88. The van der Waals surface area contributed by atoms with E-state index >= 15 is 0 Å². The highest BCUT2D eigenvalue weighted by atomic mass is 16.5. The Balaban J connectivity index is 1.51. The number of aromatic nitrogens is 3. The van der Waals surface area contributed by atoms with E-state index in [1.165, 1.54) is 25.7 Å². The van der Waals surface area contributed by atoms with Crippen molar-refractivity contribution in [2.24, 2.45) is 0 Å². The van der Waals surface area contributed by atoms with E-state index in [-0.39, 0.29) is 12.3 Å². The fraction of sp³-hybridized carbons (Fsp3) is 0.429. The van der Waals surface area contributed by atoms with Crippen LogP contribution in [0.1, 0.15) is 49.9 Å². The molecule has 142 valence electrons. The number of hydrogen-bond acceptors (Lipinski definition) is 3. The number of anilines is 1. The molecule has 0 aliphatic heterocycles. The third-order valence-corrected chi connectivity index (χ3v) is 5.39. The Morgan fingerprint density at radius 1 is 1.37 bits per heavy atom. The van der Waals surface area contributed by atoms with Gasteiger partial charge in [0.15, 0.2) is 0 Å². The van der Waals surface area contributed by atoms with Crippen molar-refractivity contribution in [3.8, 4) is 5.75 Å². The van der Waals surface area contributed by atoms with Crippen LogP contribution in [0.5, 0.6) is 5.75 Å². The van der Waals surface area contributed by atoms with Crippen molar-refractivity contribution in [3.05, 3.63) is 41.9 Å². The molecule has 0 saturated heterocycles. The molecule has 1 amide bonds. The lowest BCUT2D eigenvalue weighted by atomic mass is 10.1. The van der Waals surface area contributed by atoms with E-state index in [2.05, 4.69) is 20.1 Å². The van der Waals surface area contributed by atoms with Crippen LogP contribution in [0.4, 0.5) is 5.69 Å². The molecule has 27 heavy (non-hydrogen) atoms. The lowest BCUT2D eigenvalue weighted by Crippen LogP contribution is -2.15. The van der Waals surface area contributed by atoms with E-state index in [9.17, 15) is 4.79 Å². The van der Waals surface area contributed by atoms with Gasteiger partial charge in [-0.15, -0.1) is 0 Å². The maximum Gasteiger partial charge on any atom is 0.228 e. The first-order valence-corrected chi connectivity index (χ1v) is 9.73. The lowest BCUT2D eigenvalue weighted by Gasteiger charge is -2.13. The molecule has 0 spiro atoms. The van der Waals surface area contributed by atoms with Crippen LogP contribution in [0, 0.1) is 6.92 Å². The number of benzene rings is 1. The van der Waals surface area contributed by atoms with E-state index in [1.807, 2.05) is 38.2 Å². The molecule has 1 aromatic carbocycles. The first-order valence-electron chi connectivity index (χ1n) is 9.73. The fourth-order valence-electron chi connectivity index (χ4n) is 4.07.